The standard InChI is InChI=1S/C22H22N4O4S/c1-2-29-18-9-7-17(8-10-18)24-22-20(15-23)25-21(30-22)16-5-11-19(12-6-16)31(27,28)26-13-3-4-14-26/h5-12,24H,2-4,13-14H2,1H3. The van der Waals surface area contributed by atoms with Crippen LogP contribution in [0.5, 0.6) is 5.75 Å². The van der Waals surface area contributed by atoms with Gasteiger partial charge in [-0.05, 0) is 68.3 Å². The normalized spacial score (nSPS) is 14.3. The monoisotopic (exact) mass is 438 g/mol. The van der Waals surface area contributed by atoms with Crippen LogP contribution in [0.25, 0.3) is 11.5 Å². The van der Waals surface area contributed by atoms with Crippen molar-refractivity contribution in [1.29, 1.82) is 5.26 Å². The Kier molecular flexibility index (Phi) is 5.93. The van der Waals surface area contributed by atoms with Crippen LogP contribution in [0, 0.1) is 11.3 Å². The highest BCUT2D eigenvalue weighted by molar-refractivity contribution is 7.89. The van der Waals surface area contributed by atoms with E-state index in [2.05, 4.69) is 10.3 Å². The maximum atomic E-state index is 12.7. The third-order valence-electron chi connectivity index (χ3n) is 4.96. The first kappa shape index (κ1) is 20.9. The number of benzene rings is 2. The molecule has 9 heteroatoms. The molecule has 0 spiro atoms. The lowest BCUT2D eigenvalue weighted by atomic mass is 10.2. The van der Waals surface area contributed by atoms with E-state index in [1.54, 1.807) is 24.3 Å². The number of ether oxygens (including phenoxy) is 1. The van der Waals surface area contributed by atoms with Crippen molar-refractivity contribution in [2.45, 2.75) is 24.7 Å². The van der Waals surface area contributed by atoms with E-state index >= 15 is 0 Å². The third kappa shape index (κ3) is 4.40. The van der Waals surface area contributed by atoms with Crippen molar-refractivity contribution in [3.05, 3.63) is 54.2 Å². The largest absolute Gasteiger partial charge is 0.494 e. The molecule has 160 valence electrons. The Hall–Kier alpha value is -3.35. The maximum Gasteiger partial charge on any atom is 0.243 e. The molecule has 1 aliphatic heterocycles. The average Bonchev–Trinajstić information content (AvgIpc) is 3.46. The number of sulfonamides is 1. The van der Waals surface area contributed by atoms with E-state index in [9.17, 15) is 13.7 Å². The number of aromatic nitrogens is 1. The molecule has 2 heterocycles. The summed E-state index contributed by atoms with van der Waals surface area (Å²) in [7, 11) is -3.49. The molecule has 0 bridgehead atoms. The van der Waals surface area contributed by atoms with Crippen LogP contribution in [-0.2, 0) is 10.0 Å². The van der Waals surface area contributed by atoms with Gasteiger partial charge in [-0.15, -0.1) is 0 Å². The Bertz CT molecular complexity index is 1190. The lowest BCUT2D eigenvalue weighted by molar-refractivity contribution is 0.340. The van der Waals surface area contributed by atoms with Crippen LogP contribution in [0.4, 0.5) is 11.6 Å². The summed E-state index contributed by atoms with van der Waals surface area (Å²) in [6.07, 6.45) is 1.77. The van der Waals surface area contributed by atoms with Crippen LogP contribution < -0.4 is 10.1 Å². The number of hydrogen-bond acceptors (Lipinski definition) is 7. The zero-order valence-corrected chi connectivity index (χ0v) is 17.9. The van der Waals surface area contributed by atoms with Crippen LogP contribution in [0.2, 0.25) is 0 Å². The van der Waals surface area contributed by atoms with Crippen molar-refractivity contribution in [3.63, 3.8) is 0 Å². The van der Waals surface area contributed by atoms with Crippen molar-refractivity contribution >= 4 is 21.6 Å². The van der Waals surface area contributed by atoms with E-state index < -0.39 is 10.0 Å². The second-order valence-electron chi connectivity index (χ2n) is 7.03. The van der Waals surface area contributed by atoms with E-state index in [4.69, 9.17) is 9.15 Å². The molecule has 1 N–H and O–H groups in total. The summed E-state index contributed by atoms with van der Waals surface area (Å²) in [5.74, 6) is 1.20. The first-order chi connectivity index (χ1) is 15.0. The summed E-state index contributed by atoms with van der Waals surface area (Å²) in [5.41, 5.74) is 1.41. The number of nitrogens with one attached hydrogen (secondary N) is 1. The summed E-state index contributed by atoms with van der Waals surface area (Å²) >= 11 is 0. The molecule has 1 aliphatic rings. The lowest BCUT2D eigenvalue weighted by Gasteiger charge is -2.15. The van der Waals surface area contributed by atoms with Crippen molar-refractivity contribution in [3.8, 4) is 23.3 Å². The molecule has 1 aromatic heterocycles. The molecule has 1 saturated heterocycles. The summed E-state index contributed by atoms with van der Waals surface area (Å²) in [5, 5.41) is 12.5. The van der Waals surface area contributed by atoms with Gasteiger partial charge in [0.1, 0.15) is 11.8 Å². The molecule has 0 saturated carbocycles. The fourth-order valence-electron chi connectivity index (χ4n) is 3.38. The summed E-state index contributed by atoms with van der Waals surface area (Å²) in [6, 6.07) is 15.6. The van der Waals surface area contributed by atoms with Gasteiger partial charge in [0.05, 0.1) is 11.5 Å². The van der Waals surface area contributed by atoms with Crippen LogP contribution >= 0.6 is 0 Å². The number of anilines is 2. The Morgan fingerprint density at radius 1 is 1.13 bits per heavy atom. The minimum atomic E-state index is -3.49. The Morgan fingerprint density at radius 3 is 2.42 bits per heavy atom. The predicted molar refractivity (Wildman–Crippen MR) is 116 cm³/mol. The SMILES string of the molecule is CCOc1ccc(Nc2oc(-c3ccc(S(=O)(=O)N4CCCC4)cc3)nc2C#N)cc1. The number of rotatable bonds is 7. The van der Waals surface area contributed by atoms with Crippen LogP contribution in [0.3, 0.4) is 0 Å². The first-order valence-electron chi connectivity index (χ1n) is 10.0. The second-order valence-corrected chi connectivity index (χ2v) is 8.96. The molecular formula is C22H22N4O4S. The van der Waals surface area contributed by atoms with Gasteiger partial charge in [0.2, 0.25) is 27.5 Å². The van der Waals surface area contributed by atoms with Gasteiger partial charge < -0.3 is 14.5 Å². The molecule has 1 fully saturated rings. The highest BCUT2D eigenvalue weighted by Crippen LogP contribution is 2.30. The molecule has 0 aliphatic carbocycles. The van der Waals surface area contributed by atoms with E-state index in [0.29, 0.717) is 25.3 Å². The molecule has 0 unspecified atom stereocenters. The molecule has 4 rings (SSSR count). The van der Waals surface area contributed by atoms with Crippen molar-refractivity contribution in [1.82, 2.24) is 9.29 Å². The van der Waals surface area contributed by atoms with E-state index in [1.807, 2.05) is 37.3 Å². The van der Waals surface area contributed by atoms with Crippen molar-refractivity contribution < 1.29 is 17.6 Å². The van der Waals surface area contributed by atoms with E-state index in [-0.39, 0.29) is 22.4 Å². The predicted octanol–water partition coefficient (Wildman–Crippen LogP) is 4.14. The lowest BCUT2D eigenvalue weighted by Crippen LogP contribution is -2.27. The first-order valence-corrected chi connectivity index (χ1v) is 11.5. The Morgan fingerprint density at radius 2 is 1.81 bits per heavy atom. The van der Waals surface area contributed by atoms with Crippen LogP contribution in [-0.4, -0.2) is 37.4 Å². The van der Waals surface area contributed by atoms with E-state index in [0.717, 1.165) is 24.3 Å². The van der Waals surface area contributed by atoms with Gasteiger partial charge in [-0.3, -0.25) is 0 Å². The summed E-state index contributed by atoms with van der Waals surface area (Å²) in [4.78, 5) is 4.47. The topological polar surface area (TPSA) is 108 Å². The number of nitriles is 1. The molecule has 31 heavy (non-hydrogen) atoms. The zero-order valence-electron chi connectivity index (χ0n) is 17.0. The second kappa shape index (κ2) is 8.79. The fourth-order valence-corrected chi connectivity index (χ4v) is 4.90. The van der Waals surface area contributed by atoms with Gasteiger partial charge in [-0.25, -0.2) is 8.42 Å². The molecule has 2 aromatic carbocycles. The minimum absolute atomic E-state index is 0.109. The van der Waals surface area contributed by atoms with Crippen molar-refractivity contribution in [2.75, 3.05) is 25.0 Å². The molecule has 0 amide bonds. The van der Waals surface area contributed by atoms with E-state index in [1.165, 1.54) is 4.31 Å². The quantitative estimate of drug-likeness (QED) is 0.590. The molecule has 8 nitrogen and oxygen atoms in total. The molecule has 3 aromatic rings. The number of hydrogen-bond donors (Lipinski definition) is 1. The average molecular weight is 439 g/mol. The molecule has 0 atom stereocenters. The van der Waals surface area contributed by atoms with Gasteiger partial charge >= 0.3 is 0 Å². The fraction of sp³-hybridized carbons (Fsp3) is 0.273. The highest BCUT2D eigenvalue weighted by atomic mass is 32.2. The molecule has 0 radical (unpaired) electrons. The maximum absolute atomic E-state index is 12.7. The van der Waals surface area contributed by atoms with Gasteiger partial charge in [-0.1, -0.05) is 0 Å². The zero-order chi connectivity index (χ0) is 21.8. The minimum Gasteiger partial charge on any atom is -0.494 e. The summed E-state index contributed by atoms with van der Waals surface area (Å²) in [6.45, 7) is 3.59. The van der Waals surface area contributed by atoms with Gasteiger partial charge in [-0.2, -0.15) is 14.6 Å². The molecular weight excluding hydrogens is 416 g/mol. The Labute approximate surface area is 181 Å². The Balaban J connectivity index is 1.55. The highest BCUT2D eigenvalue weighted by Gasteiger charge is 2.27. The van der Waals surface area contributed by atoms with Crippen LogP contribution in [0.15, 0.2) is 57.8 Å². The number of nitrogens with zero attached hydrogens (tertiary/aromatic N) is 3. The van der Waals surface area contributed by atoms with Gasteiger partial charge in [0.15, 0.2) is 0 Å². The van der Waals surface area contributed by atoms with Crippen molar-refractivity contribution in [2.24, 2.45) is 0 Å². The smallest absolute Gasteiger partial charge is 0.243 e. The third-order valence-corrected chi connectivity index (χ3v) is 6.87. The van der Waals surface area contributed by atoms with Gasteiger partial charge in [0.25, 0.3) is 0 Å². The van der Waals surface area contributed by atoms with Gasteiger partial charge in [0, 0.05) is 24.3 Å². The van der Waals surface area contributed by atoms with Crippen LogP contribution in [0.1, 0.15) is 25.5 Å². The number of oxazole rings is 1. The summed E-state index contributed by atoms with van der Waals surface area (Å²) < 4.78 is 38.0.